The Morgan fingerprint density at radius 1 is 1.20 bits per heavy atom. The molecule has 0 bridgehead atoms. The first kappa shape index (κ1) is 25.9. The first-order chi connectivity index (χ1) is 16.3. The monoisotopic (exact) mass is 547 g/mol. The molecule has 1 aliphatic heterocycles. The van der Waals surface area contributed by atoms with E-state index in [-0.39, 0.29) is 17.0 Å². The molecular formula is C19H23ClN5O8PS. The van der Waals surface area contributed by atoms with Gasteiger partial charge in [0.15, 0.2) is 38.5 Å². The van der Waals surface area contributed by atoms with Gasteiger partial charge in [0.25, 0.3) is 0 Å². The van der Waals surface area contributed by atoms with E-state index in [4.69, 9.17) is 26.1 Å². The number of hydrogen-bond acceptors (Lipinski definition) is 10. The minimum absolute atomic E-state index is 0.129. The van der Waals surface area contributed by atoms with Gasteiger partial charge in [-0.25, -0.2) is 13.4 Å². The van der Waals surface area contributed by atoms with E-state index >= 15 is 0 Å². The molecule has 0 amide bonds. The van der Waals surface area contributed by atoms with Gasteiger partial charge in [-0.15, -0.1) is 0 Å². The van der Waals surface area contributed by atoms with Crippen molar-refractivity contribution in [1.82, 2.24) is 19.5 Å². The summed E-state index contributed by atoms with van der Waals surface area (Å²) in [4.78, 5) is 30.6. The highest BCUT2D eigenvalue weighted by molar-refractivity contribution is 7.97. The number of rotatable bonds is 8. The van der Waals surface area contributed by atoms with E-state index in [9.17, 15) is 23.2 Å². The Labute approximate surface area is 204 Å². The van der Waals surface area contributed by atoms with Crippen molar-refractivity contribution in [3.8, 4) is 0 Å². The highest BCUT2D eigenvalue weighted by atomic mass is 35.5. The number of anilines is 1. The van der Waals surface area contributed by atoms with Crippen LogP contribution in [-0.4, -0.2) is 77.5 Å². The van der Waals surface area contributed by atoms with Crippen molar-refractivity contribution in [2.75, 3.05) is 16.6 Å². The highest BCUT2D eigenvalue weighted by Gasteiger charge is 2.46. The summed E-state index contributed by atoms with van der Waals surface area (Å²) in [6, 6.07) is 9.37. The average Bonchev–Trinajstić information content (AvgIpc) is 3.28. The molecule has 0 spiro atoms. The van der Waals surface area contributed by atoms with E-state index in [1.165, 1.54) is 10.9 Å². The molecule has 1 saturated heterocycles. The van der Waals surface area contributed by atoms with Gasteiger partial charge in [-0.2, -0.15) is 9.97 Å². The maximum Gasteiger partial charge on any atom is 0.340 e. The van der Waals surface area contributed by atoms with Gasteiger partial charge < -0.3 is 30.1 Å². The summed E-state index contributed by atoms with van der Waals surface area (Å²) in [6.45, 7) is 1.91. The lowest BCUT2D eigenvalue weighted by atomic mass is 10.1. The molecule has 190 valence electrons. The van der Waals surface area contributed by atoms with Gasteiger partial charge in [-0.3, -0.25) is 9.13 Å². The van der Waals surface area contributed by atoms with Crippen molar-refractivity contribution in [1.29, 1.82) is 0 Å². The zero-order chi connectivity index (χ0) is 25.5. The molecule has 16 heteroatoms. The van der Waals surface area contributed by atoms with Gasteiger partial charge in [0.05, 0.1) is 18.1 Å². The summed E-state index contributed by atoms with van der Waals surface area (Å²) in [5.41, 5.74) is 0.0216. The van der Waals surface area contributed by atoms with Crippen LogP contribution < -0.4 is 5.32 Å². The third-order valence-electron chi connectivity index (χ3n) is 5.44. The first-order valence-electron chi connectivity index (χ1n) is 10.3. The van der Waals surface area contributed by atoms with Crippen molar-refractivity contribution in [3.05, 3.63) is 47.5 Å². The van der Waals surface area contributed by atoms with E-state index in [0.717, 1.165) is 5.56 Å². The van der Waals surface area contributed by atoms with Gasteiger partial charge in [0.2, 0.25) is 5.28 Å². The topological polar surface area (TPSA) is 197 Å². The third kappa shape index (κ3) is 5.81. The number of halogens is 1. The zero-order valence-corrected chi connectivity index (χ0v) is 20.7. The summed E-state index contributed by atoms with van der Waals surface area (Å²) in [5, 5.41) is 24.0. The molecular weight excluding hydrogens is 525 g/mol. The predicted molar refractivity (Wildman–Crippen MR) is 125 cm³/mol. The number of nitrogens with one attached hydrogen (secondary N) is 1. The van der Waals surface area contributed by atoms with Crippen LogP contribution in [0, 0.1) is 0 Å². The second-order valence-corrected chi connectivity index (χ2v) is 12.7. The van der Waals surface area contributed by atoms with Crippen LogP contribution in [0.4, 0.5) is 5.82 Å². The first-order valence-corrected chi connectivity index (χ1v) is 14.3. The Kier molecular flexibility index (Phi) is 7.19. The summed E-state index contributed by atoms with van der Waals surface area (Å²) < 4.78 is 42.3. The van der Waals surface area contributed by atoms with Crippen LogP contribution in [0.15, 0.2) is 36.7 Å². The fourth-order valence-electron chi connectivity index (χ4n) is 3.86. The summed E-state index contributed by atoms with van der Waals surface area (Å²) in [6.07, 6.45) is -4.71. The molecule has 3 aromatic rings. The largest absolute Gasteiger partial charge is 0.387 e. The summed E-state index contributed by atoms with van der Waals surface area (Å²) >= 11 is 6.12. The van der Waals surface area contributed by atoms with Crippen LogP contribution in [0.1, 0.15) is 24.8 Å². The molecule has 35 heavy (non-hydrogen) atoms. The van der Waals surface area contributed by atoms with E-state index in [2.05, 4.69) is 20.3 Å². The number of sulfone groups is 1. The van der Waals surface area contributed by atoms with E-state index in [1.807, 2.05) is 37.3 Å². The Morgan fingerprint density at radius 2 is 1.89 bits per heavy atom. The number of benzene rings is 1. The average molecular weight is 548 g/mol. The van der Waals surface area contributed by atoms with Crippen LogP contribution in [0.3, 0.4) is 0 Å². The van der Waals surface area contributed by atoms with Gasteiger partial charge in [-0.1, -0.05) is 30.3 Å². The van der Waals surface area contributed by atoms with Crippen molar-refractivity contribution >= 4 is 46.0 Å². The number of imidazole rings is 1. The molecule has 1 unspecified atom stereocenters. The predicted octanol–water partition coefficient (Wildman–Crippen LogP) is 0.822. The number of hydrogen-bond donors (Lipinski definition) is 5. The number of ether oxygens (including phenoxy) is 1. The Morgan fingerprint density at radius 3 is 2.54 bits per heavy atom. The normalized spacial score (nSPS) is 24.1. The quantitative estimate of drug-likeness (QED) is 0.197. The second-order valence-electron chi connectivity index (χ2n) is 8.19. The fraction of sp³-hybridized carbons (Fsp3) is 0.421. The van der Waals surface area contributed by atoms with Gasteiger partial charge in [0.1, 0.15) is 18.3 Å². The smallest absolute Gasteiger partial charge is 0.340 e. The van der Waals surface area contributed by atoms with Gasteiger partial charge in [0, 0.05) is 0 Å². The van der Waals surface area contributed by atoms with E-state index < -0.39 is 53.2 Å². The molecule has 1 fully saturated rings. The van der Waals surface area contributed by atoms with Crippen LogP contribution in [0.5, 0.6) is 0 Å². The van der Waals surface area contributed by atoms with E-state index in [1.54, 1.807) is 0 Å². The summed E-state index contributed by atoms with van der Waals surface area (Å²) in [7, 11) is -9.17. The molecule has 3 heterocycles. The lowest BCUT2D eigenvalue weighted by molar-refractivity contribution is -0.0292. The third-order valence-corrected chi connectivity index (χ3v) is 9.37. The molecule has 13 nitrogen and oxygen atoms in total. The number of nitrogens with zero attached hydrogens (tertiary/aromatic N) is 4. The minimum Gasteiger partial charge on any atom is -0.387 e. The number of fused-ring (bicyclic) bond motifs is 1. The zero-order valence-electron chi connectivity index (χ0n) is 18.2. The fourth-order valence-corrected chi connectivity index (χ4v) is 7.28. The Bertz CT molecular complexity index is 1370. The molecule has 5 atom stereocenters. The molecule has 2 aromatic heterocycles. The molecule has 5 N–H and O–H groups in total. The lowest BCUT2D eigenvalue weighted by Crippen LogP contribution is -2.35. The van der Waals surface area contributed by atoms with Crippen LogP contribution >= 0.6 is 19.2 Å². The van der Waals surface area contributed by atoms with Crippen molar-refractivity contribution in [2.45, 2.75) is 37.5 Å². The highest BCUT2D eigenvalue weighted by Crippen LogP contribution is 2.38. The molecule has 0 radical (unpaired) electrons. The molecule has 0 aliphatic carbocycles. The Balaban J connectivity index is 1.61. The van der Waals surface area contributed by atoms with Crippen LogP contribution in [0.2, 0.25) is 5.28 Å². The van der Waals surface area contributed by atoms with Crippen molar-refractivity contribution in [3.63, 3.8) is 0 Å². The van der Waals surface area contributed by atoms with Crippen LogP contribution in [-0.2, 0) is 19.1 Å². The molecule has 1 aromatic carbocycles. The molecule has 0 saturated carbocycles. The maximum absolute atomic E-state index is 12.1. The molecule has 4 rings (SSSR count). The second kappa shape index (κ2) is 9.71. The van der Waals surface area contributed by atoms with Crippen molar-refractivity contribution in [2.24, 2.45) is 0 Å². The van der Waals surface area contributed by atoms with Gasteiger partial charge in [-0.05, 0) is 24.1 Å². The molecule has 1 aliphatic rings. The van der Waals surface area contributed by atoms with Gasteiger partial charge >= 0.3 is 7.60 Å². The Hall–Kier alpha value is -2.16. The number of aliphatic hydroxyl groups excluding tert-OH is 2. The summed E-state index contributed by atoms with van der Waals surface area (Å²) in [5.74, 6) is -0.597. The van der Waals surface area contributed by atoms with Crippen LogP contribution in [0.25, 0.3) is 11.2 Å². The number of aliphatic hydroxyl groups is 2. The standard InChI is InChI=1S/C19H23ClN5O8PS/c1-10(11-5-3-2-4-6-11)22-16-13-17(24-19(20)23-16)25(8-21-13)18-15(27)14(26)12(33-18)7-35(31,32)9-34(28,29)30/h2-6,8,10,12,14-15,18,26-27H,7,9H2,1H3,(H,22,23,24)(H2,28,29,30)/t10?,12-,14-,15-,18-/m1/s1. The maximum atomic E-state index is 12.1. The number of aromatic nitrogens is 4. The SMILES string of the molecule is CC(Nc1nc(Cl)nc2c1ncn2[C@@H]1O[C@H](CS(=O)(=O)CP(=O)(O)O)[C@@H](O)[C@H]1O)c1ccccc1. The van der Waals surface area contributed by atoms with Crippen molar-refractivity contribution < 1.29 is 37.7 Å². The minimum atomic E-state index is -4.86. The lowest BCUT2D eigenvalue weighted by Gasteiger charge is -2.18. The van der Waals surface area contributed by atoms with E-state index in [0.29, 0.717) is 11.3 Å².